The number of hydrogen-bond acceptors (Lipinski definition) is 4. The quantitative estimate of drug-likeness (QED) is 0.667. The SMILES string of the molecule is COc1cc(Cl)ccc1C(NN)c1cncc(F)c1. The zero-order valence-corrected chi connectivity index (χ0v) is 11.0. The minimum absolute atomic E-state index is 0.425. The summed E-state index contributed by atoms with van der Waals surface area (Å²) in [4.78, 5) is 3.81. The highest BCUT2D eigenvalue weighted by Crippen LogP contribution is 2.31. The van der Waals surface area contributed by atoms with Gasteiger partial charge in [-0.2, -0.15) is 0 Å². The molecule has 19 heavy (non-hydrogen) atoms. The van der Waals surface area contributed by atoms with Gasteiger partial charge in [-0.25, -0.2) is 9.82 Å². The van der Waals surface area contributed by atoms with E-state index in [0.29, 0.717) is 16.3 Å². The number of ether oxygens (including phenoxy) is 1. The van der Waals surface area contributed by atoms with Crippen LogP contribution >= 0.6 is 11.6 Å². The predicted molar refractivity (Wildman–Crippen MR) is 71.4 cm³/mol. The lowest BCUT2D eigenvalue weighted by Gasteiger charge is -2.19. The molecule has 0 bridgehead atoms. The third kappa shape index (κ3) is 3.01. The number of rotatable bonds is 4. The van der Waals surface area contributed by atoms with Crippen molar-refractivity contribution in [2.24, 2.45) is 5.84 Å². The number of pyridine rings is 1. The van der Waals surface area contributed by atoms with E-state index in [2.05, 4.69) is 10.4 Å². The highest BCUT2D eigenvalue weighted by atomic mass is 35.5. The van der Waals surface area contributed by atoms with Crippen LogP contribution in [0.2, 0.25) is 5.02 Å². The maximum absolute atomic E-state index is 13.2. The summed E-state index contributed by atoms with van der Waals surface area (Å²) in [6.45, 7) is 0. The molecule has 0 radical (unpaired) electrons. The molecule has 0 aliphatic rings. The Hall–Kier alpha value is -1.69. The van der Waals surface area contributed by atoms with Gasteiger partial charge in [-0.05, 0) is 23.8 Å². The summed E-state index contributed by atoms with van der Waals surface area (Å²) in [5.41, 5.74) is 3.98. The number of benzene rings is 1. The molecule has 0 amide bonds. The Balaban J connectivity index is 2.48. The summed E-state index contributed by atoms with van der Waals surface area (Å²) >= 11 is 5.91. The molecule has 0 aliphatic carbocycles. The third-order valence-electron chi connectivity index (χ3n) is 2.73. The number of nitrogens with zero attached hydrogens (tertiary/aromatic N) is 1. The van der Waals surface area contributed by atoms with Gasteiger partial charge in [0.15, 0.2) is 0 Å². The monoisotopic (exact) mass is 281 g/mol. The van der Waals surface area contributed by atoms with Crippen molar-refractivity contribution in [2.45, 2.75) is 6.04 Å². The van der Waals surface area contributed by atoms with Crippen LogP contribution in [0.15, 0.2) is 36.7 Å². The second kappa shape index (κ2) is 5.97. The molecule has 0 spiro atoms. The van der Waals surface area contributed by atoms with Crippen LogP contribution in [-0.2, 0) is 0 Å². The summed E-state index contributed by atoms with van der Waals surface area (Å²) in [6.07, 6.45) is 2.68. The van der Waals surface area contributed by atoms with Crippen molar-refractivity contribution in [3.05, 3.63) is 58.6 Å². The highest BCUT2D eigenvalue weighted by Gasteiger charge is 2.18. The minimum Gasteiger partial charge on any atom is -0.496 e. The maximum Gasteiger partial charge on any atom is 0.141 e. The van der Waals surface area contributed by atoms with Crippen LogP contribution in [0, 0.1) is 5.82 Å². The molecule has 4 nitrogen and oxygen atoms in total. The lowest BCUT2D eigenvalue weighted by molar-refractivity contribution is 0.404. The fourth-order valence-corrected chi connectivity index (χ4v) is 2.04. The molecule has 0 saturated heterocycles. The number of hydrazine groups is 1. The van der Waals surface area contributed by atoms with E-state index in [1.54, 1.807) is 24.4 Å². The molecule has 1 aromatic carbocycles. The predicted octanol–water partition coefficient (Wildman–Crippen LogP) is 2.44. The van der Waals surface area contributed by atoms with Gasteiger partial charge in [0.1, 0.15) is 11.6 Å². The molecule has 0 aliphatic heterocycles. The summed E-state index contributed by atoms with van der Waals surface area (Å²) in [7, 11) is 1.53. The van der Waals surface area contributed by atoms with Gasteiger partial charge in [0.05, 0.1) is 19.3 Å². The van der Waals surface area contributed by atoms with Crippen molar-refractivity contribution in [3.63, 3.8) is 0 Å². The largest absolute Gasteiger partial charge is 0.496 e. The first-order valence-corrected chi connectivity index (χ1v) is 5.93. The molecule has 100 valence electrons. The van der Waals surface area contributed by atoms with Gasteiger partial charge in [-0.3, -0.25) is 10.8 Å². The summed E-state index contributed by atoms with van der Waals surface area (Å²) in [6, 6.07) is 6.10. The molecule has 1 aromatic heterocycles. The molecule has 2 aromatic rings. The van der Waals surface area contributed by atoms with E-state index in [1.165, 1.54) is 13.2 Å². The topological polar surface area (TPSA) is 60.2 Å². The molecular weight excluding hydrogens is 269 g/mol. The number of halogens is 2. The van der Waals surface area contributed by atoms with Crippen molar-refractivity contribution in [1.29, 1.82) is 0 Å². The molecule has 6 heteroatoms. The second-order valence-electron chi connectivity index (χ2n) is 3.92. The van der Waals surface area contributed by atoms with Crippen LogP contribution < -0.4 is 16.0 Å². The molecule has 1 atom stereocenters. The second-order valence-corrected chi connectivity index (χ2v) is 4.36. The fraction of sp³-hybridized carbons (Fsp3) is 0.154. The number of nitrogens with two attached hydrogens (primary N) is 1. The van der Waals surface area contributed by atoms with Gasteiger partial charge < -0.3 is 4.74 Å². The Morgan fingerprint density at radius 2 is 2.16 bits per heavy atom. The van der Waals surface area contributed by atoms with E-state index >= 15 is 0 Å². The van der Waals surface area contributed by atoms with Crippen LogP contribution in [0.1, 0.15) is 17.2 Å². The number of hydrogen-bond donors (Lipinski definition) is 2. The molecule has 0 saturated carbocycles. The zero-order chi connectivity index (χ0) is 13.8. The minimum atomic E-state index is -0.435. The highest BCUT2D eigenvalue weighted by molar-refractivity contribution is 6.30. The van der Waals surface area contributed by atoms with E-state index in [-0.39, 0.29) is 0 Å². The first kappa shape index (κ1) is 13.7. The van der Waals surface area contributed by atoms with Crippen LogP contribution in [0.4, 0.5) is 4.39 Å². The van der Waals surface area contributed by atoms with Crippen molar-refractivity contribution in [3.8, 4) is 5.75 Å². The first-order valence-electron chi connectivity index (χ1n) is 5.55. The Labute approximate surface area is 115 Å². The smallest absolute Gasteiger partial charge is 0.141 e. The van der Waals surface area contributed by atoms with Crippen molar-refractivity contribution in [1.82, 2.24) is 10.4 Å². The first-order chi connectivity index (χ1) is 9.15. The van der Waals surface area contributed by atoms with Gasteiger partial charge in [0, 0.05) is 16.8 Å². The van der Waals surface area contributed by atoms with Crippen LogP contribution in [-0.4, -0.2) is 12.1 Å². The van der Waals surface area contributed by atoms with E-state index in [0.717, 1.165) is 11.8 Å². The van der Waals surface area contributed by atoms with E-state index < -0.39 is 11.9 Å². The summed E-state index contributed by atoms with van der Waals surface area (Å²) in [5, 5.41) is 0.550. The zero-order valence-electron chi connectivity index (χ0n) is 10.2. The molecular formula is C13H13ClFN3O. The third-order valence-corrected chi connectivity index (χ3v) is 2.97. The van der Waals surface area contributed by atoms with Gasteiger partial charge in [0.2, 0.25) is 0 Å². The van der Waals surface area contributed by atoms with Crippen molar-refractivity contribution in [2.75, 3.05) is 7.11 Å². The van der Waals surface area contributed by atoms with Crippen LogP contribution in [0.25, 0.3) is 0 Å². The summed E-state index contributed by atoms with van der Waals surface area (Å²) < 4.78 is 18.5. The molecule has 1 heterocycles. The fourth-order valence-electron chi connectivity index (χ4n) is 1.88. The molecule has 3 N–H and O–H groups in total. The average Bonchev–Trinajstić information content (AvgIpc) is 2.41. The Kier molecular flexibility index (Phi) is 4.31. The van der Waals surface area contributed by atoms with Crippen LogP contribution in [0.5, 0.6) is 5.75 Å². The number of nitrogens with one attached hydrogen (secondary N) is 1. The number of aromatic nitrogens is 1. The van der Waals surface area contributed by atoms with Gasteiger partial charge in [-0.15, -0.1) is 0 Å². The Bertz CT molecular complexity index is 580. The van der Waals surface area contributed by atoms with Crippen molar-refractivity contribution < 1.29 is 9.13 Å². The van der Waals surface area contributed by atoms with E-state index in [1.807, 2.05) is 0 Å². The standard InChI is InChI=1S/C13H13ClFN3O/c1-19-12-5-9(14)2-3-11(12)13(18-16)8-4-10(15)7-17-6-8/h2-7,13,18H,16H2,1H3. The molecule has 0 fully saturated rings. The van der Waals surface area contributed by atoms with E-state index in [4.69, 9.17) is 22.2 Å². The molecule has 1 unspecified atom stereocenters. The lowest BCUT2D eigenvalue weighted by atomic mass is 10.00. The van der Waals surface area contributed by atoms with Gasteiger partial charge >= 0.3 is 0 Å². The molecule has 2 rings (SSSR count). The Morgan fingerprint density at radius 1 is 1.37 bits per heavy atom. The normalized spacial score (nSPS) is 12.2. The lowest BCUT2D eigenvalue weighted by Crippen LogP contribution is -2.29. The number of methoxy groups -OCH3 is 1. The van der Waals surface area contributed by atoms with Crippen molar-refractivity contribution >= 4 is 11.6 Å². The van der Waals surface area contributed by atoms with E-state index in [9.17, 15) is 4.39 Å². The van der Waals surface area contributed by atoms with Gasteiger partial charge in [-0.1, -0.05) is 17.7 Å². The average molecular weight is 282 g/mol. The maximum atomic E-state index is 13.2. The Morgan fingerprint density at radius 3 is 2.79 bits per heavy atom. The van der Waals surface area contributed by atoms with Gasteiger partial charge in [0.25, 0.3) is 0 Å². The summed E-state index contributed by atoms with van der Waals surface area (Å²) in [5.74, 6) is 5.70. The van der Waals surface area contributed by atoms with Crippen LogP contribution in [0.3, 0.4) is 0 Å².